The largest absolute Gasteiger partial charge is 0.361 e. The Kier molecular flexibility index (Phi) is 6.98. The standard InChI is InChI=1S/C20H28N4O3/c1-13(2)19(26)23-17(20(27)21-10-9-18(25)24(3)4)11-14-12-22-16-8-6-5-7-15(14)16/h5-8,12-13,17,22H,9-11H2,1-4H3,(H,21,27)(H,23,26). The monoisotopic (exact) mass is 372 g/mol. The number of aromatic nitrogens is 1. The van der Waals surface area contributed by atoms with E-state index in [0.29, 0.717) is 6.42 Å². The number of para-hydroxylation sites is 1. The van der Waals surface area contributed by atoms with Crippen LogP contribution in [0.15, 0.2) is 30.5 Å². The van der Waals surface area contributed by atoms with Crippen molar-refractivity contribution in [3.63, 3.8) is 0 Å². The number of hydrogen-bond acceptors (Lipinski definition) is 3. The lowest BCUT2D eigenvalue weighted by molar-refractivity contribution is -0.131. The van der Waals surface area contributed by atoms with Gasteiger partial charge in [-0.1, -0.05) is 32.0 Å². The maximum absolute atomic E-state index is 12.7. The number of H-pyrrole nitrogens is 1. The van der Waals surface area contributed by atoms with E-state index in [-0.39, 0.29) is 36.6 Å². The van der Waals surface area contributed by atoms with Crippen molar-refractivity contribution in [2.24, 2.45) is 5.92 Å². The Balaban J connectivity index is 2.09. The fourth-order valence-corrected chi connectivity index (χ4v) is 2.71. The molecule has 1 atom stereocenters. The van der Waals surface area contributed by atoms with Gasteiger partial charge in [-0.15, -0.1) is 0 Å². The number of fused-ring (bicyclic) bond motifs is 1. The number of benzene rings is 1. The molecule has 0 saturated carbocycles. The van der Waals surface area contributed by atoms with Crippen molar-refractivity contribution in [1.82, 2.24) is 20.5 Å². The Morgan fingerprint density at radius 2 is 1.81 bits per heavy atom. The summed E-state index contributed by atoms with van der Waals surface area (Å²) >= 11 is 0. The Hall–Kier alpha value is -2.83. The normalized spacial score (nSPS) is 12.0. The molecule has 0 aliphatic rings. The zero-order valence-corrected chi connectivity index (χ0v) is 16.3. The Bertz CT molecular complexity index is 810. The van der Waals surface area contributed by atoms with Crippen LogP contribution in [0.5, 0.6) is 0 Å². The summed E-state index contributed by atoms with van der Waals surface area (Å²) < 4.78 is 0. The Morgan fingerprint density at radius 3 is 2.48 bits per heavy atom. The van der Waals surface area contributed by atoms with E-state index >= 15 is 0 Å². The molecular formula is C20H28N4O3. The van der Waals surface area contributed by atoms with Gasteiger partial charge in [0.25, 0.3) is 0 Å². The van der Waals surface area contributed by atoms with E-state index in [0.717, 1.165) is 16.5 Å². The molecule has 0 fully saturated rings. The molecular weight excluding hydrogens is 344 g/mol. The summed E-state index contributed by atoms with van der Waals surface area (Å²) in [5.41, 5.74) is 1.94. The van der Waals surface area contributed by atoms with Crippen molar-refractivity contribution in [2.45, 2.75) is 32.7 Å². The first kappa shape index (κ1) is 20.5. The number of rotatable bonds is 8. The molecule has 0 aliphatic carbocycles. The minimum atomic E-state index is -0.700. The van der Waals surface area contributed by atoms with Crippen LogP contribution in [-0.2, 0) is 20.8 Å². The summed E-state index contributed by atoms with van der Waals surface area (Å²) in [6.07, 6.45) is 2.45. The van der Waals surface area contributed by atoms with Crippen LogP contribution in [0.3, 0.4) is 0 Å². The van der Waals surface area contributed by atoms with Crippen LogP contribution in [0.25, 0.3) is 10.9 Å². The number of carbonyl (C=O) groups is 3. The van der Waals surface area contributed by atoms with E-state index < -0.39 is 6.04 Å². The minimum absolute atomic E-state index is 0.0605. The van der Waals surface area contributed by atoms with Gasteiger partial charge < -0.3 is 20.5 Å². The van der Waals surface area contributed by atoms with Gasteiger partial charge in [-0.3, -0.25) is 14.4 Å². The molecule has 146 valence electrons. The third kappa shape index (κ3) is 5.57. The van der Waals surface area contributed by atoms with E-state index in [1.54, 1.807) is 27.9 Å². The molecule has 1 aromatic carbocycles. The first-order valence-corrected chi connectivity index (χ1v) is 9.12. The lowest BCUT2D eigenvalue weighted by Crippen LogP contribution is -2.49. The maximum Gasteiger partial charge on any atom is 0.242 e. The number of nitrogens with zero attached hydrogens (tertiary/aromatic N) is 1. The fourth-order valence-electron chi connectivity index (χ4n) is 2.71. The Labute approximate surface area is 159 Å². The second-order valence-electron chi connectivity index (χ2n) is 7.11. The summed E-state index contributed by atoms with van der Waals surface area (Å²) in [7, 11) is 3.35. The second-order valence-corrected chi connectivity index (χ2v) is 7.11. The number of amides is 3. The van der Waals surface area contributed by atoms with Gasteiger partial charge in [0, 0.05) is 56.5 Å². The first-order valence-electron chi connectivity index (χ1n) is 9.12. The van der Waals surface area contributed by atoms with Gasteiger partial charge in [-0.25, -0.2) is 0 Å². The zero-order chi connectivity index (χ0) is 20.0. The molecule has 0 bridgehead atoms. The maximum atomic E-state index is 12.7. The van der Waals surface area contributed by atoms with E-state index in [2.05, 4.69) is 15.6 Å². The highest BCUT2D eigenvalue weighted by Crippen LogP contribution is 2.19. The number of carbonyl (C=O) groups excluding carboxylic acids is 3. The predicted octanol–water partition coefficient (Wildman–Crippen LogP) is 1.45. The summed E-state index contributed by atoms with van der Waals surface area (Å²) in [5, 5.41) is 6.61. The van der Waals surface area contributed by atoms with Crippen LogP contribution >= 0.6 is 0 Å². The summed E-state index contributed by atoms with van der Waals surface area (Å²) in [4.78, 5) is 41.1. The van der Waals surface area contributed by atoms with Gasteiger partial charge in [0.05, 0.1) is 0 Å². The van der Waals surface area contributed by atoms with Gasteiger partial charge in [0.15, 0.2) is 0 Å². The van der Waals surface area contributed by atoms with E-state index in [1.165, 1.54) is 4.90 Å². The molecule has 1 aromatic heterocycles. The molecule has 3 N–H and O–H groups in total. The topological polar surface area (TPSA) is 94.3 Å². The molecule has 1 heterocycles. The quantitative estimate of drug-likeness (QED) is 0.654. The van der Waals surface area contributed by atoms with Crippen molar-refractivity contribution in [1.29, 1.82) is 0 Å². The SMILES string of the molecule is CC(C)C(=O)NC(Cc1c[nH]c2ccccc12)C(=O)NCCC(=O)N(C)C. The summed E-state index contributed by atoms with van der Waals surface area (Å²) in [6, 6.07) is 7.13. The third-order valence-corrected chi connectivity index (χ3v) is 4.39. The minimum Gasteiger partial charge on any atom is -0.361 e. The third-order valence-electron chi connectivity index (χ3n) is 4.39. The Morgan fingerprint density at radius 1 is 1.11 bits per heavy atom. The molecule has 7 heteroatoms. The van der Waals surface area contributed by atoms with Gasteiger partial charge >= 0.3 is 0 Å². The number of aromatic amines is 1. The summed E-state index contributed by atoms with van der Waals surface area (Å²) in [5.74, 6) is -0.756. The smallest absolute Gasteiger partial charge is 0.242 e. The summed E-state index contributed by atoms with van der Waals surface area (Å²) in [6.45, 7) is 3.80. The van der Waals surface area contributed by atoms with Crippen molar-refractivity contribution in [2.75, 3.05) is 20.6 Å². The lowest BCUT2D eigenvalue weighted by atomic mass is 10.0. The molecule has 7 nitrogen and oxygen atoms in total. The molecule has 3 amide bonds. The average molecular weight is 372 g/mol. The van der Waals surface area contributed by atoms with Gasteiger partial charge in [0.2, 0.25) is 17.7 Å². The van der Waals surface area contributed by atoms with Crippen molar-refractivity contribution in [3.05, 3.63) is 36.0 Å². The van der Waals surface area contributed by atoms with Crippen LogP contribution < -0.4 is 10.6 Å². The average Bonchev–Trinajstić information content (AvgIpc) is 3.03. The van der Waals surface area contributed by atoms with E-state index in [9.17, 15) is 14.4 Å². The van der Waals surface area contributed by atoms with Crippen molar-refractivity contribution < 1.29 is 14.4 Å². The van der Waals surface area contributed by atoms with Crippen LogP contribution in [-0.4, -0.2) is 54.3 Å². The number of hydrogen-bond donors (Lipinski definition) is 3. The molecule has 2 rings (SSSR count). The van der Waals surface area contributed by atoms with E-state index in [4.69, 9.17) is 0 Å². The first-order chi connectivity index (χ1) is 12.8. The second kappa shape index (κ2) is 9.21. The highest BCUT2D eigenvalue weighted by Gasteiger charge is 2.23. The molecule has 0 spiro atoms. The van der Waals surface area contributed by atoms with Crippen LogP contribution in [0.2, 0.25) is 0 Å². The molecule has 27 heavy (non-hydrogen) atoms. The van der Waals surface area contributed by atoms with Crippen molar-refractivity contribution in [3.8, 4) is 0 Å². The highest BCUT2D eigenvalue weighted by molar-refractivity contribution is 5.90. The van der Waals surface area contributed by atoms with E-state index in [1.807, 2.05) is 30.5 Å². The van der Waals surface area contributed by atoms with Gasteiger partial charge in [-0.05, 0) is 11.6 Å². The van der Waals surface area contributed by atoms with Crippen LogP contribution in [0.1, 0.15) is 25.8 Å². The fraction of sp³-hybridized carbons (Fsp3) is 0.450. The molecule has 1 unspecified atom stereocenters. The molecule has 0 saturated heterocycles. The predicted molar refractivity (Wildman–Crippen MR) is 105 cm³/mol. The number of nitrogens with one attached hydrogen (secondary N) is 3. The molecule has 0 radical (unpaired) electrons. The highest BCUT2D eigenvalue weighted by atomic mass is 16.2. The van der Waals surface area contributed by atoms with Gasteiger partial charge in [0.1, 0.15) is 6.04 Å². The molecule has 2 aromatic rings. The lowest BCUT2D eigenvalue weighted by Gasteiger charge is -2.20. The van der Waals surface area contributed by atoms with Crippen LogP contribution in [0, 0.1) is 5.92 Å². The van der Waals surface area contributed by atoms with Crippen LogP contribution in [0.4, 0.5) is 0 Å². The van der Waals surface area contributed by atoms with Gasteiger partial charge in [-0.2, -0.15) is 0 Å². The molecule has 0 aliphatic heterocycles. The zero-order valence-electron chi connectivity index (χ0n) is 16.3. The van der Waals surface area contributed by atoms with Crippen molar-refractivity contribution >= 4 is 28.6 Å².